The highest BCUT2D eigenvalue weighted by Crippen LogP contribution is 2.40. The first-order valence-corrected chi connectivity index (χ1v) is 13.2. The second kappa shape index (κ2) is 10.8. The summed E-state index contributed by atoms with van der Waals surface area (Å²) in [4.78, 5) is 25.5. The molecule has 1 aliphatic heterocycles. The maximum absolute atomic E-state index is 13.9. The summed E-state index contributed by atoms with van der Waals surface area (Å²) in [7, 11) is 0. The average molecular weight is 629 g/mol. The first-order chi connectivity index (χ1) is 20.5. The van der Waals surface area contributed by atoms with Crippen LogP contribution in [0, 0.1) is 0 Å². The second-order valence-electron chi connectivity index (χ2n) is 9.34. The minimum Gasteiger partial charge on any atom is -0.488 e. The van der Waals surface area contributed by atoms with E-state index in [4.69, 9.17) is 37.4 Å². The molecule has 0 amide bonds. The maximum atomic E-state index is 13.9. The Hall–Kier alpha value is -4.74. The number of hydrogen-bond acceptors (Lipinski definition) is 6. The number of para-hydroxylation sites is 1. The molecule has 0 bridgehead atoms. The molecule has 6 rings (SSSR count). The molecule has 0 radical (unpaired) electrons. The van der Waals surface area contributed by atoms with Crippen molar-refractivity contribution in [2.24, 2.45) is 0 Å². The van der Waals surface area contributed by atoms with Gasteiger partial charge in [-0.1, -0.05) is 41.4 Å². The number of fused-ring (bicyclic) bond motifs is 2. The van der Waals surface area contributed by atoms with Crippen LogP contribution in [0.3, 0.4) is 0 Å². The van der Waals surface area contributed by atoms with Crippen LogP contribution in [0.5, 0.6) is 17.2 Å². The maximum Gasteiger partial charge on any atom is 0.417 e. The van der Waals surface area contributed by atoms with Crippen LogP contribution in [0.2, 0.25) is 10.0 Å². The predicted molar refractivity (Wildman–Crippen MR) is 150 cm³/mol. The van der Waals surface area contributed by atoms with E-state index in [-0.39, 0.29) is 46.5 Å². The molecule has 0 atom stereocenters. The predicted octanol–water partition coefficient (Wildman–Crippen LogP) is 7.72. The highest BCUT2D eigenvalue weighted by Gasteiger charge is 2.37. The third kappa shape index (κ3) is 5.21. The molecule has 2 heterocycles. The van der Waals surface area contributed by atoms with E-state index in [9.17, 15) is 27.9 Å². The quantitative estimate of drug-likeness (QED) is 0.205. The molecule has 0 fully saturated rings. The zero-order valence-corrected chi connectivity index (χ0v) is 23.1. The molecule has 0 unspecified atom stereocenters. The van der Waals surface area contributed by atoms with Crippen molar-refractivity contribution in [2.75, 3.05) is 6.79 Å². The largest absolute Gasteiger partial charge is 0.488 e. The van der Waals surface area contributed by atoms with E-state index in [0.29, 0.717) is 22.4 Å². The minimum absolute atomic E-state index is 0.0335. The number of carboxylic acids is 1. The minimum atomic E-state index is -4.87. The van der Waals surface area contributed by atoms with Crippen LogP contribution in [0.25, 0.3) is 22.2 Å². The Bertz CT molecular complexity index is 1940. The Balaban J connectivity index is 1.50. The number of alkyl halides is 3. The van der Waals surface area contributed by atoms with Gasteiger partial charge in [-0.3, -0.25) is 4.79 Å². The van der Waals surface area contributed by atoms with E-state index in [0.717, 1.165) is 16.8 Å². The molecule has 1 aromatic heterocycles. The normalized spacial score (nSPS) is 12.5. The summed E-state index contributed by atoms with van der Waals surface area (Å²) < 4.78 is 59.4. The fourth-order valence-corrected chi connectivity index (χ4v) is 5.19. The number of ether oxygens (including phenoxy) is 3. The van der Waals surface area contributed by atoms with Gasteiger partial charge >= 0.3 is 12.1 Å². The molecule has 4 aromatic carbocycles. The summed E-state index contributed by atoms with van der Waals surface area (Å²) in [5.41, 5.74) is -0.979. The zero-order valence-electron chi connectivity index (χ0n) is 21.6. The first-order valence-electron chi connectivity index (χ1n) is 12.5. The summed E-state index contributed by atoms with van der Waals surface area (Å²) in [6, 6.07) is 16.7. The van der Waals surface area contributed by atoms with Crippen LogP contribution in [0.15, 0.2) is 72.8 Å². The third-order valence-electron chi connectivity index (χ3n) is 6.71. The van der Waals surface area contributed by atoms with Crippen molar-refractivity contribution in [3.8, 4) is 28.5 Å². The third-order valence-corrected chi connectivity index (χ3v) is 7.26. The lowest BCUT2D eigenvalue weighted by molar-refractivity contribution is -0.137. The van der Waals surface area contributed by atoms with Crippen LogP contribution in [-0.2, 0) is 12.8 Å². The monoisotopic (exact) mass is 628 g/mol. The molecule has 0 aliphatic carbocycles. The molecule has 8 nitrogen and oxygen atoms in total. The molecule has 5 aromatic rings. The highest BCUT2D eigenvalue weighted by atomic mass is 35.5. The summed E-state index contributed by atoms with van der Waals surface area (Å²) in [5, 5.41) is 14.2. The number of carbonyl (C=O) groups excluding carboxylic acids is 1. The average Bonchev–Trinajstić information content (AvgIpc) is 3.60. The lowest BCUT2D eigenvalue weighted by Crippen LogP contribution is -2.20. The van der Waals surface area contributed by atoms with Gasteiger partial charge in [-0.2, -0.15) is 23.0 Å². The Morgan fingerprint density at radius 2 is 1.79 bits per heavy atom. The van der Waals surface area contributed by atoms with E-state index in [2.05, 4.69) is 5.10 Å². The van der Waals surface area contributed by atoms with Crippen LogP contribution < -0.4 is 14.2 Å². The van der Waals surface area contributed by atoms with Crippen molar-refractivity contribution in [3.63, 3.8) is 0 Å². The van der Waals surface area contributed by atoms with Crippen LogP contribution >= 0.6 is 23.2 Å². The van der Waals surface area contributed by atoms with Crippen molar-refractivity contribution < 1.29 is 42.1 Å². The Labute approximate surface area is 250 Å². The van der Waals surface area contributed by atoms with Crippen molar-refractivity contribution in [1.29, 1.82) is 0 Å². The molecule has 218 valence electrons. The van der Waals surface area contributed by atoms with Gasteiger partial charge in [0.2, 0.25) is 6.79 Å². The van der Waals surface area contributed by atoms with E-state index in [1.54, 1.807) is 18.2 Å². The number of benzene rings is 4. The van der Waals surface area contributed by atoms with Gasteiger partial charge in [-0.05, 0) is 54.6 Å². The van der Waals surface area contributed by atoms with Gasteiger partial charge in [-0.25, -0.2) is 4.79 Å². The summed E-state index contributed by atoms with van der Waals surface area (Å²) in [6.07, 6.45) is -4.87. The van der Waals surface area contributed by atoms with Gasteiger partial charge < -0.3 is 19.3 Å². The lowest BCUT2D eigenvalue weighted by Gasteiger charge is -2.14. The molecule has 0 saturated heterocycles. The fraction of sp³-hybridized carbons (Fsp3) is 0.100. The van der Waals surface area contributed by atoms with E-state index < -0.39 is 34.2 Å². The smallest absolute Gasteiger partial charge is 0.417 e. The molecular weight excluding hydrogens is 612 g/mol. The van der Waals surface area contributed by atoms with Crippen LogP contribution in [-0.4, -0.2) is 33.6 Å². The van der Waals surface area contributed by atoms with E-state index in [1.807, 2.05) is 0 Å². The zero-order chi connectivity index (χ0) is 30.5. The Morgan fingerprint density at radius 3 is 2.56 bits per heavy atom. The highest BCUT2D eigenvalue weighted by molar-refractivity contribution is 6.34. The topological polar surface area (TPSA) is 99.9 Å². The van der Waals surface area contributed by atoms with Gasteiger partial charge in [0.15, 0.2) is 11.5 Å². The molecule has 0 spiro atoms. The number of hydrogen-bond donors (Lipinski definition) is 1. The van der Waals surface area contributed by atoms with Gasteiger partial charge in [-0.15, -0.1) is 0 Å². The second-order valence-corrected chi connectivity index (χ2v) is 10.2. The number of aromatic nitrogens is 2. The van der Waals surface area contributed by atoms with Gasteiger partial charge in [0.25, 0.3) is 5.91 Å². The Morgan fingerprint density at radius 1 is 1.00 bits per heavy atom. The molecule has 1 aliphatic rings. The number of carboxylic acid groups (broad SMARTS) is 1. The van der Waals surface area contributed by atoms with Crippen molar-refractivity contribution in [2.45, 2.75) is 12.8 Å². The number of aromatic carboxylic acids is 1. The number of rotatable bonds is 6. The van der Waals surface area contributed by atoms with Crippen molar-refractivity contribution in [3.05, 3.63) is 105 Å². The number of halogens is 5. The molecule has 43 heavy (non-hydrogen) atoms. The first kappa shape index (κ1) is 28.4. The molecule has 13 heteroatoms. The molecule has 0 saturated carbocycles. The van der Waals surface area contributed by atoms with Crippen LogP contribution in [0.1, 0.15) is 31.8 Å². The van der Waals surface area contributed by atoms with Crippen molar-refractivity contribution in [1.82, 2.24) is 9.78 Å². The fourth-order valence-electron chi connectivity index (χ4n) is 4.76. The number of nitrogens with zero attached hydrogens (tertiary/aromatic N) is 2. The SMILES string of the molecule is O=C(O)c1ccc(-c2nn(C(=O)c3c(Cl)cccc3C(F)(F)F)c3ccc(Cl)cc23)c(OCc2cccc3c2OCO3)c1. The van der Waals surface area contributed by atoms with E-state index in [1.165, 1.54) is 42.5 Å². The van der Waals surface area contributed by atoms with Gasteiger partial charge in [0.1, 0.15) is 18.1 Å². The van der Waals surface area contributed by atoms with Crippen molar-refractivity contribution >= 4 is 46.0 Å². The number of carbonyl (C=O) groups is 2. The molecular formula is C30H17Cl2F3N2O6. The standard InChI is InChI=1S/C30H17Cl2F3N2O6/c31-17-8-10-22-19(12-17)26(36-37(22)28(38)25-20(30(33,34)35)4-2-5-21(25)32)18-9-7-15(29(39)40)11-24(18)41-13-16-3-1-6-23-27(16)43-14-42-23/h1-12H,13-14H2,(H,39,40). The summed E-state index contributed by atoms with van der Waals surface area (Å²) in [6.45, 7) is -0.0265. The van der Waals surface area contributed by atoms with Gasteiger partial charge in [0, 0.05) is 21.5 Å². The molecule has 1 N–H and O–H groups in total. The van der Waals surface area contributed by atoms with E-state index >= 15 is 0 Å². The summed E-state index contributed by atoms with van der Waals surface area (Å²) >= 11 is 12.4. The lowest BCUT2D eigenvalue weighted by atomic mass is 10.0. The summed E-state index contributed by atoms with van der Waals surface area (Å²) in [5.74, 6) is -1.27. The Kier molecular flexibility index (Phi) is 7.15. The van der Waals surface area contributed by atoms with Crippen LogP contribution in [0.4, 0.5) is 13.2 Å². The van der Waals surface area contributed by atoms with Gasteiger partial charge in [0.05, 0.1) is 27.2 Å².